The molecule has 0 aliphatic carbocycles. The van der Waals surface area contributed by atoms with Gasteiger partial charge in [0.2, 0.25) is 0 Å². The second-order valence-electron chi connectivity index (χ2n) is 7.48. The summed E-state index contributed by atoms with van der Waals surface area (Å²) < 4.78 is 11.5. The first-order valence-electron chi connectivity index (χ1n) is 9.65. The average Bonchev–Trinajstić information content (AvgIpc) is 3.13. The lowest BCUT2D eigenvalue weighted by molar-refractivity contribution is -0.142. The van der Waals surface area contributed by atoms with Gasteiger partial charge < -0.3 is 9.47 Å². The number of nitriles is 1. The zero-order valence-corrected chi connectivity index (χ0v) is 18.5. The number of benzene rings is 3. The number of carbonyl (C=O) groups is 1. The Bertz CT molecular complexity index is 1350. The number of fused-ring (bicyclic) bond motifs is 2. The van der Waals surface area contributed by atoms with Crippen molar-refractivity contribution in [3.8, 4) is 17.5 Å². The van der Waals surface area contributed by atoms with E-state index in [1.54, 1.807) is 7.11 Å². The maximum atomic E-state index is 12.4. The Morgan fingerprint density at radius 2 is 1.84 bits per heavy atom. The molecule has 0 bridgehead atoms. The van der Waals surface area contributed by atoms with Crippen LogP contribution in [0.3, 0.4) is 0 Å². The normalized spacial score (nSPS) is 11.5. The Hall–Kier alpha value is -3.50. The molecule has 0 amide bonds. The molecule has 0 aliphatic rings. The summed E-state index contributed by atoms with van der Waals surface area (Å²) >= 11 is 1.33. The van der Waals surface area contributed by atoms with E-state index < -0.39 is 4.75 Å². The number of methoxy groups -OCH3 is 2. The van der Waals surface area contributed by atoms with Crippen LogP contribution in [0.2, 0.25) is 0 Å². The van der Waals surface area contributed by atoms with Gasteiger partial charge in [-0.1, -0.05) is 36.0 Å². The molecule has 6 nitrogen and oxygen atoms in total. The molecule has 0 atom stereocenters. The van der Waals surface area contributed by atoms with Gasteiger partial charge in [0, 0.05) is 16.8 Å². The molecule has 1 heterocycles. The molecule has 7 heteroatoms. The molecule has 0 saturated heterocycles. The first-order chi connectivity index (χ1) is 14.9. The van der Waals surface area contributed by atoms with E-state index in [4.69, 9.17) is 14.5 Å². The fourth-order valence-corrected chi connectivity index (χ4v) is 4.61. The van der Waals surface area contributed by atoms with Crippen molar-refractivity contribution in [2.45, 2.75) is 23.8 Å². The van der Waals surface area contributed by atoms with Crippen LogP contribution < -0.4 is 4.74 Å². The van der Waals surface area contributed by atoms with Crippen molar-refractivity contribution in [1.29, 1.82) is 5.26 Å². The summed E-state index contributed by atoms with van der Waals surface area (Å²) in [5.41, 5.74) is 3.11. The van der Waals surface area contributed by atoms with Crippen molar-refractivity contribution in [2.24, 2.45) is 0 Å². The Morgan fingerprint density at radius 1 is 1.10 bits per heavy atom. The van der Waals surface area contributed by atoms with E-state index in [0.717, 1.165) is 27.5 Å². The van der Waals surface area contributed by atoms with Gasteiger partial charge in [-0.3, -0.25) is 9.36 Å². The molecule has 0 fully saturated rings. The maximum absolute atomic E-state index is 12.4. The minimum atomic E-state index is -0.847. The Labute approximate surface area is 184 Å². The number of aromatic nitrogens is 2. The van der Waals surface area contributed by atoms with Gasteiger partial charge in [0.25, 0.3) is 0 Å². The third-order valence-corrected chi connectivity index (χ3v) is 6.25. The van der Waals surface area contributed by atoms with Gasteiger partial charge in [-0.15, -0.1) is 0 Å². The fraction of sp³-hybridized carbons (Fsp3) is 0.208. The zero-order chi connectivity index (χ0) is 22.2. The van der Waals surface area contributed by atoms with E-state index in [2.05, 4.69) is 6.07 Å². The third-order valence-electron chi connectivity index (χ3n) is 5.12. The summed E-state index contributed by atoms with van der Waals surface area (Å²) in [6.45, 7) is 3.62. The summed E-state index contributed by atoms with van der Waals surface area (Å²) in [5, 5.41) is 12.0. The lowest BCUT2D eigenvalue weighted by atomic mass is 10.0. The monoisotopic (exact) mass is 431 g/mol. The highest BCUT2D eigenvalue weighted by Crippen LogP contribution is 2.39. The molecule has 0 aliphatic heterocycles. The predicted octanol–water partition coefficient (Wildman–Crippen LogP) is 5.10. The molecule has 0 spiro atoms. The molecule has 4 rings (SSSR count). The Balaban J connectivity index is 2.02. The van der Waals surface area contributed by atoms with Gasteiger partial charge >= 0.3 is 5.97 Å². The van der Waals surface area contributed by atoms with E-state index in [1.165, 1.54) is 18.9 Å². The largest absolute Gasteiger partial charge is 0.497 e. The van der Waals surface area contributed by atoms with Gasteiger partial charge in [0.1, 0.15) is 10.5 Å². The molecule has 4 aromatic rings. The number of rotatable bonds is 5. The smallest absolute Gasteiger partial charge is 0.321 e. The number of hydrogen-bond donors (Lipinski definition) is 0. The van der Waals surface area contributed by atoms with Crippen LogP contribution >= 0.6 is 11.8 Å². The van der Waals surface area contributed by atoms with E-state index >= 15 is 0 Å². The number of imidazole rings is 1. The molecule has 1 aromatic heterocycles. The third kappa shape index (κ3) is 3.60. The highest BCUT2D eigenvalue weighted by Gasteiger charge is 2.33. The standard InChI is InChI=1S/C24H21N3O3S/c1-24(2,22(28)30-4)31-23-26-19-13-16(29-3)10-12-21(19)27(23)20-11-9-15(14-25)17-7-5-6-8-18(17)20/h5-13H,1-4H3. The van der Waals surface area contributed by atoms with Crippen LogP contribution in [0.4, 0.5) is 0 Å². The van der Waals surface area contributed by atoms with Crippen LogP contribution in [0.5, 0.6) is 5.75 Å². The van der Waals surface area contributed by atoms with E-state index in [9.17, 15) is 10.1 Å². The molecule has 3 aromatic carbocycles. The molecular formula is C24H21N3O3S. The Morgan fingerprint density at radius 3 is 2.52 bits per heavy atom. The summed E-state index contributed by atoms with van der Waals surface area (Å²) in [6, 6.07) is 19.5. The van der Waals surface area contributed by atoms with Gasteiger partial charge in [0.05, 0.1) is 42.6 Å². The fourth-order valence-electron chi connectivity index (χ4n) is 3.56. The van der Waals surface area contributed by atoms with E-state index in [1.807, 2.05) is 73.0 Å². The first-order valence-corrected chi connectivity index (χ1v) is 10.5. The van der Waals surface area contributed by atoms with Crippen molar-refractivity contribution in [3.05, 3.63) is 60.2 Å². The van der Waals surface area contributed by atoms with Crippen molar-refractivity contribution in [1.82, 2.24) is 9.55 Å². The maximum Gasteiger partial charge on any atom is 0.321 e. The summed E-state index contributed by atoms with van der Waals surface area (Å²) in [6.07, 6.45) is 0. The molecule has 156 valence electrons. The average molecular weight is 432 g/mol. The zero-order valence-electron chi connectivity index (χ0n) is 17.7. The van der Waals surface area contributed by atoms with Gasteiger partial charge in [-0.2, -0.15) is 5.26 Å². The highest BCUT2D eigenvalue weighted by molar-refractivity contribution is 8.01. The summed E-state index contributed by atoms with van der Waals surface area (Å²) in [7, 11) is 2.99. The SMILES string of the molecule is COC(=O)C(C)(C)Sc1nc2cc(OC)ccc2n1-c1ccc(C#N)c2ccccc12. The van der Waals surface area contributed by atoms with Crippen molar-refractivity contribution >= 4 is 39.5 Å². The minimum absolute atomic E-state index is 0.335. The number of ether oxygens (including phenoxy) is 2. The molecule has 31 heavy (non-hydrogen) atoms. The molecule has 0 saturated carbocycles. The van der Waals surface area contributed by atoms with Crippen LogP contribution in [0, 0.1) is 11.3 Å². The van der Waals surface area contributed by atoms with Gasteiger partial charge in [0.15, 0.2) is 5.16 Å². The second kappa shape index (κ2) is 7.97. The molecule has 0 N–H and O–H groups in total. The minimum Gasteiger partial charge on any atom is -0.497 e. The van der Waals surface area contributed by atoms with Crippen molar-refractivity contribution < 1.29 is 14.3 Å². The van der Waals surface area contributed by atoms with E-state index in [0.29, 0.717) is 16.5 Å². The highest BCUT2D eigenvalue weighted by atomic mass is 32.2. The lowest BCUT2D eigenvalue weighted by Crippen LogP contribution is -2.29. The lowest BCUT2D eigenvalue weighted by Gasteiger charge is -2.21. The van der Waals surface area contributed by atoms with E-state index in [-0.39, 0.29) is 5.97 Å². The van der Waals surface area contributed by atoms with Gasteiger partial charge in [-0.25, -0.2) is 4.98 Å². The number of hydrogen-bond acceptors (Lipinski definition) is 6. The molecule has 0 unspecified atom stereocenters. The van der Waals surface area contributed by atoms with Crippen LogP contribution in [0.25, 0.3) is 27.5 Å². The molecule has 0 radical (unpaired) electrons. The van der Waals surface area contributed by atoms with Crippen LogP contribution in [0.15, 0.2) is 59.8 Å². The summed E-state index contributed by atoms with van der Waals surface area (Å²) in [4.78, 5) is 17.2. The number of carbonyl (C=O) groups excluding carboxylic acids is 1. The number of thioether (sulfide) groups is 1. The second-order valence-corrected chi connectivity index (χ2v) is 9.07. The van der Waals surface area contributed by atoms with Crippen molar-refractivity contribution in [3.63, 3.8) is 0 Å². The first kappa shape index (κ1) is 20.8. The Kier molecular flexibility index (Phi) is 5.34. The van der Waals surface area contributed by atoms with Gasteiger partial charge in [-0.05, 0) is 38.1 Å². The topological polar surface area (TPSA) is 77.1 Å². The van der Waals surface area contributed by atoms with Crippen LogP contribution in [-0.4, -0.2) is 34.5 Å². The van der Waals surface area contributed by atoms with Crippen LogP contribution in [-0.2, 0) is 9.53 Å². The predicted molar refractivity (Wildman–Crippen MR) is 122 cm³/mol. The summed E-state index contributed by atoms with van der Waals surface area (Å²) in [5.74, 6) is 0.365. The quantitative estimate of drug-likeness (QED) is 0.323. The van der Waals surface area contributed by atoms with Crippen LogP contribution in [0.1, 0.15) is 19.4 Å². The molecular weight excluding hydrogens is 410 g/mol. The number of esters is 1. The number of nitrogens with zero attached hydrogens (tertiary/aromatic N) is 3. The van der Waals surface area contributed by atoms with Crippen molar-refractivity contribution in [2.75, 3.05) is 14.2 Å².